The number of aromatic nitrogens is 1. The summed E-state index contributed by atoms with van der Waals surface area (Å²) in [5.74, 6) is 6.15. The van der Waals surface area contributed by atoms with Crippen LogP contribution in [0.2, 0.25) is 0 Å². The number of hydrogen-bond donors (Lipinski definition) is 2. The van der Waals surface area contributed by atoms with Crippen LogP contribution in [-0.4, -0.2) is 46.5 Å². The molecule has 1 aliphatic rings. The van der Waals surface area contributed by atoms with Gasteiger partial charge in [-0.05, 0) is 26.8 Å². The molecular weight excluding hydrogens is 272 g/mol. The summed E-state index contributed by atoms with van der Waals surface area (Å²) >= 11 is 0. The lowest BCUT2D eigenvalue weighted by Gasteiger charge is -2.42. The van der Waals surface area contributed by atoms with Crippen molar-refractivity contribution in [1.82, 2.24) is 9.88 Å². The Kier molecular flexibility index (Phi) is 4.29. The number of nitrogens with zero attached hydrogens (tertiary/aromatic N) is 4. The van der Waals surface area contributed by atoms with Crippen molar-refractivity contribution < 1.29 is 4.92 Å². The second-order valence-corrected chi connectivity index (χ2v) is 6.09. The predicted octanol–water partition coefficient (Wildman–Crippen LogP) is 1.20. The summed E-state index contributed by atoms with van der Waals surface area (Å²) in [6.45, 7) is 9.62. The van der Waals surface area contributed by atoms with Gasteiger partial charge in [-0.3, -0.25) is 15.0 Å². The number of nitrogens with one attached hydrogen (secondary N) is 1. The smallest absolute Gasteiger partial charge is 0.311 e. The highest BCUT2D eigenvalue weighted by Gasteiger charge is 2.29. The molecule has 1 saturated heterocycles. The van der Waals surface area contributed by atoms with E-state index in [1.54, 1.807) is 0 Å². The first-order valence-electron chi connectivity index (χ1n) is 6.95. The van der Waals surface area contributed by atoms with Crippen molar-refractivity contribution in [3.05, 3.63) is 22.2 Å². The van der Waals surface area contributed by atoms with Crippen molar-refractivity contribution in [3.63, 3.8) is 0 Å². The van der Waals surface area contributed by atoms with Gasteiger partial charge in [-0.15, -0.1) is 0 Å². The van der Waals surface area contributed by atoms with Gasteiger partial charge in [0.15, 0.2) is 0 Å². The average Bonchev–Trinajstić information content (AvgIpc) is 2.45. The second kappa shape index (κ2) is 5.82. The molecule has 1 fully saturated rings. The summed E-state index contributed by atoms with van der Waals surface area (Å²) in [6, 6.07) is 2.95. The Balaban J connectivity index is 2.21. The molecule has 1 aromatic rings. The van der Waals surface area contributed by atoms with Gasteiger partial charge in [-0.25, -0.2) is 10.8 Å². The molecular formula is C13H22N6O2. The minimum Gasteiger partial charge on any atom is -0.348 e. The molecule has 0 spiro atoms. The Morgan fingerprint density at radius 3 is 2.38 bits per heavy atom. The molecule has 0 atom stereocenters. The van der Waals surface area contributed by atoms with Gasteiger partial charge in [0.05, 0.1) is 4.92 Å². The summed E-state index contributed by atoms with van der Waals surface area (Å²) in [5, 5.41) is 11.2. The van der Waals surface area contributed by atoms with Crippen LogP contribution in [0.1, 0.15) is 20.8 Å². The molecule has 0 aliphatic carbocycles. The van der Waals surface area contributed by atoms with E-state index in [1.807, 2.05) is 4.90 Å². The zero-order valence-corrected chi connectivity index (χ0v) is 12.7. The number of piperazine rings is 1. The molecule has 2 heterocycles. The van der Waals surface area contributed by atoms with Crippen LogP contribution in [0.3, 0.4) is 0 Å². The Morgan fingerprint density at radius 2 is 1.90 bits per heavy atom. The standard InChI is InChI=1S/C13H22N6O2/c1-13(2,3)18-8-6-17(7-9-18)12-10(19(20)21)4-5-11(15-12)16-14/h4-5H,6-9,14H2,1-3H3,(H,15,16). The Morgan fingerprint density at radius 1 is 1.29 bits per heavy atom. The molecule has 21 heavy (non-hydrogen) atoms. The van der Waals surface area contributed by atoms with E-state index in [0.29, 0.717) is 24.7 Å². The Labute approximate surface area is 124 Å². The number of anilines is 2. The van der Waals surface area contributed by atoms with Gasteiger partial charge in [0.25, 0.3) is 0 Å². The van der Waals surface area contributed by atoms with Crippen LogP contribution in [0.5, 0.6) is 0 Å². The maximum atomic E-state index is 11.2. The van der Waals surface area contributed by atoms with E-state index in [-0.39, 0.29) is 11.2 Å². The van der Waals surface area contributed by atoms with E-state index >= 15 is 0 Å². The molecule has 0 unspecified atom stereocenters. The van der Waals surface area contributed by atoms with Crippen molar-refractivity contribution in [2.45, 2.75) is 26.3 Å². The van der Waals surface area contributed by atoms with Crippen molar-refractivity contribution in [2.24, 2.45) is 5.84 Å². The molecule has 1 aliphatic heterocycles. The Hall–Kier alpha value is -1.93. The maximum absolute atomic E-state index is 11.2. The van der Waals surface area contributed by atoms with E-state index in [1.165, 1.54) is 12.1 Å². The number of nitrogen functional groups attached to an aromatic ring is 1. The first-order valence-corrected chi connectivity index (χ1v) is 6.95. The van der Waals surface area contributed by atoms with Gasteiger partial charge in [0.2, 0.25) is 5.82 Å². The van der Waals surface area contributed by atoms with E-state index in [4.69, 9.17) is 5.84 Å². The first kappa shape index (κ1) is 15.5. The fourth-order valence-electron chi connectivity index (χ4n) is 2.49. The topological polar surface area (TPSA) is 101 Å². The fraction of sp³-hybridized carbons (Fsp3) is 0.615. The maximum Gasteiger partial charge on any atom is 0.311 e. The quantitative estimate of drug-likeness (QED) is 0.490. The zero-order chi connectivity index (χ0) is 15.6. The number of nitro groups is 1. The van der Waals surface area contributed by atoms with Crippen molar-refractivity contribution in [2.75, 3.05) is 36.5 Å². The van der Waals surface area contributed by atoms with Crippen molar-refractivity contribution >= 4 is 17.3 Å². The largest absolute Gasteiger partial charge is 0.348 e. The third-order valence-corrected chi connectivity index (χ3v) is 3.73. The van der Waals surface area contributed by atoms with Gasteiger partial charge in [0.1, 0.15) is 5.82 Å². The van der Waals surface area contributed by atoms with E-state index in [9.17, 15) is 10.1 Å². The summed E-state index contributed by atoms with van der Waals surface area (Å²) < 4.78 is 0. The molecule has 0 radical (unpaired) electrons. The summed E-state index contributed by atoms with van der Waals surface area (Å²) in [4.78, 5) is 19.3. The van der Waals surface area contributed by atoms with E-state index in [0.717, 1.165) is 13.1 Å². The van der Waals surface area contributed by atoms with Crippen LogP contribution >= 0.6 is 0 Å². The third kappa shape index (κ3) is 3.40. The van der Waals surface area contributed by atoms with Crippen LogP contribution in [0.25, 0.3) is 0 Å². The van der Waals surface area contributed by atoms with Gasteiger partial charge in [0, 0.05) is 37.8 Å². The highest BCUT2D eigenvalue weighted by molar-refractivity contribution is 5.61. The number of nitrogens with two attached hydrogens (primary N) is 1. The molecule has 8 nitrogen and oxygen atoms in total. The number of hydrogen-bond acceptors (Lipinski definition) is 7. The highest BCUT2D eigenvalue weighted by Crippen LogP contribution is 2.29. The normalized spacial score (nSPS) is 16.9. The van der Waals surface area contributed by atoms with Crippen LogP contribution in [0.15, 0.2) is 12.1 Å². The molecule has 0 amide bonds. The summed E-state index contributed by atoms with van der Waals surface area (Å²) in [6.07, 6.45) is 0. The number of rotatable bonds is 3. The van der Waals surface area contributed by atoms with E-state index < -0.39 is 4.92 Å². The molecule has 0 bridgehead atoms. The SMILES string of the molecule is CC(C)(C)N1CCN(c2nc(NN)ccc2[N+](=O)[O-])CC1. The summed E-state index contributed by atoms with van der Waals surface area (Å²) in [5.41, 5.74) is 2.55. The second-order valence-electron chi connectivity index (χ2n) is 6.09. The van der Waals surface area contributed by atoms with Gasteiger partial charge in [-0.1, -0.05) is 0 Å². The van der Waals surface area contributed by atoms with Crippen LogP contribution in [0, 0.1) is 10.1 Å². The van der Waals surface area contributed by atoms with Crippen molar-refractivity contribution in [3.8, 4) is 0 Å². The summed E-state index contributed by atoms with van der Waals surface area (Å²) in [7, 11) is 0. The zero-order valence-electron chi connectivity index (χ0n) is 12.7. The Bertz CT molecular complexity index is 520. The lowest BCUT2D eigenvalue weighted by atomic mass is 10.0. The molecule has 8 heteroatoms. The molecule has 2 rings (SSSR count). The third-order valence-electron chi connectivity index (χ3n) is 3.73. The van der Waals surface area contributed by atoms with Crippen LogP contribution in [-0.2, 0) is 0 Å². The highest BCUT2D eigenvalue weighted by atomic mass is 16.6. The average molecular weight is 294 g/mol. The minimum atomic E-state index is -0.404. The number of hydrazine groups is 1. The fourth-order valence-corrected chi connectivity index (χ4v) is 2.49. The first-order chi connectivity index (χ1) is 9.82. The van der Waals surface area contributed by atoms with E-state index in [2.05, 4.69) is 36.1 Å². The molecule has 116 valence electrons. The molecule has 3 N–H and O–H groups in total. The predicted molar refractivity (Wildman–Crippen MR) is 82.2 cm³/mol. The minimum absolute atomic E-state index is 0.0122. The van der Waals surface area contributed by atoms with Crippen molar-refractivity contribution in [1.29, 1.82) is 0 Å². The molecule has 1 aromatic heterocycles. The van der Waals surface area contributed by atoms with Crippen LogP contribution in [0.4, 0.5) is 17.3 Å². The lowest BCUT2D eigenvalue weighted by Crippen LogP contribution is -2.53. The van der Waals surface area contributed by atoms with Gasteiger partial charge in [-0.2, -0.15) is 0 Å². The molecule has 0 aromatic carbocycles. The van der Waals surface area contributed by atoms with Crippen LogP contribution < -0.4 is 16.2 Å². The van der Waals surface area contributed by atoms with Gasteiger partial charge < -0.3 is 10.3 Å². The molecule has 0 saturated carbocycles. The lowest BCUT2D eigenvalue weighted by molar-refractivity contribution is -0.384. The number of pyridine rings is 1. The monoisotopic (exact) mass is 294 g/mol. The van der Waals surface area contributed by atoms with Gasteiger partial charge >= 0.3 is 5.69 Å².